The largest absolute Gasteiger partial charge is 0.354 e. The fourth-order valence-electron chi connectivity index (χ4n) is 1.77. The zero-order valence-electron chi connectivity index (χ0n) is 13.2. The van der Waals surface area contributed by atoms with Crippen LogP contribution >= 0.6 is 15.9 Å². The van der Waals surface area contributed by atoms with Gasteiger partial charge in [0.05, 0.1) is 11.9 Å². The van der Waals surface area contributed by atoms with Crippen LogP contribution in [-0.4, -0.2) is 10.9 Å². The molecule has 1 amide bonds. The van der Waals surface area contributed by atoms with Crippen molar-refractivity contribution in [2.45, 2.75) is 27.7 Å². The van der Waals surface area contributed by atoms with Gasteiger partial charge >= 0.3 is 0 Å². The number of pyridine rings is 1. The quantitative estimate of drug-likeness (QED) is 0.818. The van der Waals surface area contributed by atoms with Crippen LogP contribution < -0.4 is 10.6 Å². The van der Waals surface area contributed by atoms with Crippen LogP contribution in [0.2, 0.25) is 0 Å². The summed E-state index contributed by atoms with van der Waals surface area (Å²) in [5.41, 5.74) is 2.60. The lowest BCUT2D eigenvalue weighted by atomic mass is 9.96. The minimum absolute atomic E-state index is 0.0514. The molecule has 116 valence electrons. The van der Waals surface area contributed by atoms with Gasteiger partial charge in [0, 0.05) is 15.6 Å². The fourth-order valence-corrected chi connectivity index (χ4v) is 2.24. The third-order valence-electron chi connectivity index (χ3n) is 3.15. The molecule has 1 heterocycles. The van der Waals surface area contributed by atoms with Crippen LogP contribution in [0.15, 0.2) is 41.0 Å². The van der Waals surface area contributed by atoms with Gasteiger partial charge in [-0.1, -0.05) is 36.7 Å². The van der Waals surface area contributed by atoms with Crippen LogP contribution in [0.4, 0.5) is 17.2 Å². The Morgan fingerprint density at radius 2 is 1.91 bits per heavy atom. The molecule has 0 spiro atoms. The van der Waals surface area contributed by atoms with Crippen molar-refractivity contribution in [3.63, 3.8) is 0 Å². The second-order valence-corrected chi connectivity index (χ2v) is 7.14. The van der Waals surface area contributed by atoms with Gasteiger partial charge in [0.1, 0.15) is 5.82 Å². The number of hydrogen-bond donors (Lipinski definition) is 2. The summed E-state index contributed by atoms with van der Waals surface area (Å²) in [5.74, 6) is 0.502. The van der Waals surface area contributed by atoms with E-state index in [1.54, 1.807) is 12.3 Å². The van der Waals surface area contributed by atoms with Gasteiger partial charge in [0.25, 0.3) is 0 Å². The zero-order valence-corrected chi connectivity index (χ0v) is 14.8. The third kappa shape index (κ3) is 4.31. The molecule has 1 aromatic heterocycles. The van der Waals surface area contributed by atoms with Crippen molar-refractivity contribution < 1.29 is 4.79 Å². The number of anilines is 3. The normalized spacial score (nSPS) is 11.1. The molecule has 2 N–H and O–H groups in total. The highest BCUT2D eigenvalue weighted by molar-refractivity contribution is 9.10. The Bertz CT molecular complexity index is 675. The van der Waals surface area contributed by atoms with Crippen LogP contribution in [0, 0.1) is 12.3 Å². The molecule has 0 aliphatic heterocycles. The summed E-state index contributed by atoms with van der Waals surface area (Å²) in [6.45, 7) is 7.65. The first kappa shape index (κ1) is 16.5. The summed E-state index contributed by atoms with van der Waals surface area (Å²) in [4.78, 5) is 16.2. The number of aryl methyl sites for hydroxylation is 1. The minimum atomic E-state index is -0.437. The molecular formula is C17H20BrN3O. The maximum absolute atomic E-state index is 11.9. The lowest BCUT2D eigenvalue weighted by Crippen LogP contribution is -2.27. The molecule has 5 heteroatoms. The average Bonchev–Trinajstić information content (AvgIpc) is 2.43. The van der Waals surface area contributed by atoms with E-state index in [1.807, 2.05) is 52.0 Å². The van der Waals surface area contributed by atoms with E-state index >= 15 is 0 Å². The number of halogens is 1. The van der Waals surface area contributed by atoms with Crippen LogP contribution in [0.5, 0.6) is 0 Å². The molecule has 0 saturated heterocycles. The summed E-state index contributed by atoms with van der Waals surface area (Å²) in [6, 6.07) is 9.73. The highest BCUT2D eigenvalue weighted by atomic mass is 79.9. The van der Waals surface area contributed by atoms with Gasteiger partial charge < -0.3 is 10.6 Å². The fraction of sp³-hybridized carbons (Fsp3) is 0.294. The Hall–Kier alpha value is -1.88. The lowest BCUT2D eigenvalue weighted by Gasteiger charge is -2.17. The van der Waals surface area contributed by atoms with Gasteiger partial charge in [0.15, 0.2) is 0 Å². The molecule has 0 radical (unpaired) electrons. The number of benzene rings is 1. The molecule has 0 aliphatic carbocycles. The van der Waals surface area contributed by atoms with Crippen molar-refractivity contribution >= 4 is 39.0 Å². The van der Waals surface area contributed by atoms with E-state index in [0.717, 1.165) is 21.4 Å². The second kappa shape index (κ2) is 6.48. The van der Waals surface area contributed by atoms with E-state index in [4.69, 9.17) is 0 Å². The highest BCUT2D eigenvalue weighted by Gasteiger charge is 2.21. The predicted molar refractivity (Wildman–Crippen MR) is 94.5 cm³/mol. The van der Waals surface area contributed by atoms with E-state index in [9.17, 15) is 4.79 Å². The molecule has 22 heavy (non-hydrogen) atoms. The molecular weight excluding hydrogens is 342 g/mol. The molecule has 2 rings (SSSR count). The zero-order chi connectivity index (χ0) is 16.3. The average molecular weight is 362 g/mol. The first-order chi connectivity index (χ1) is 10.3. The number of aromatic nitrogens is 1. The molecule has 1 aromatic carbocycles. The summed E-state index contributed by atoms with van der Waals surface area (Å²) in [5, 5.41) is 6.12. The summed E-state index contributed by atoms with van der Waals surface area (Å²) in [6.07, 6.45) is 1.71. The Balaban J connectivity index is 2.07. The van der Waals surface area contributed by atoms with Gasteiger partial charge in [-0.3, -0.25) is 4.79 Å². The molecule has 0 saturated carbocycles. The number of rotatable bonds is 3. The first-order valence-electron chi connectivity index (χ1n) is 7.06. The van der Waals surface area contributed by atoms with E-state index < -0.39 is 5.41 Å². The number of nitrogens with one attached hydrogen (secondary N) is 2. The molecule has 0 bridgehead atoms. The Morgan fingerprint density at radius 1 is 1.18 bits per heavy atom. The molecule has 0 atom stereocenters. The summed E-state index contributed by atoms with van der Waals surface area (Å²) in [7, 11) is 0. The molecule has 0 unspecified atom stereocenters. The topological polar surface area (TPSA) is 54.0 Å². The number of carbonyl (C=O) groups excluding carboxylic acids is 1. The van der Waals surface area contributed by atoms with Crippen molar-refractivity contribution in [3.05, 3.63) is 46.6 Å². The van der Waals surface area contributed by atoms with Gasteiger partial charge in [-0.05, 0) is 42.8 Å². The van der Waals surface area contributed by atoms with Crippen molar-refractivity contribution in [3.8, 4) is 0 Å². The van der Waals surface area contributed by atoms with Crippen LogP contribution in [0.1, 0.15) is 26.3 Å². The van der Waals surface area contributed by atoms with Crippen molar-refractivity contribution in [2.24, 2.45) is 5.41 Å². The minimum Gasteiger partial charge on any atom is -0.354 e. The summed E-state index contributed by atoms with van der Waals surface area (Å²) >= 11 is 3.45. The van der Waals surface area contributed by atoms with Crippen molar-refractivity contribution in [1.29, 1.82) is 0 Å². The highest BCUT2D eigenvalue weighted by Crippen LogP contribution is 2.24. The third-order valence-corrected chi connectivity index (χ3v) is 3.65. The maximum atomic E-state index is 11.9. The Labute approximate surface area is 139 Å². The second-order valence-electron chi connectivity index (χ2n) is 6.22. The Kier molecular flexibility index (Phi) is 4.86. The molecule has 4 nitrogen and oxygen atoms in total. The SMILES string of the molecule is Cc1cc(Br)ccc1Nc1ccc(NC(=O)C(C)(C)C)nc1. The van der Waals surface area contributed by atoms with Crippen molar-refractivity contribution in [1.82, 2.24) is 4.98 Å². The predicted octanol–water partition coefficient (Wildman–Crippen LogP) is 4.88. The van der Waals surface area contributed by atoms with Gasteiger partial charge in [0.2, 0.25) is 5.91 Å². The molecule has 0 fully saturated rings. The van der Waals surface area contributed by atoms with Crippen LogP contribution in [-0.2, 0) is 4.79 Å². The molecule has 0 aliphatic rings. The number of hydrogen-bond acceptors (Lipinski definition) is 3. The smallest absolute Gasteiger partial charge is 0.230 e. The van der Waals surface area contributed by atoms with Crippen molar-refractivity contribution in [2.75, 3.05) is 10.6 Å². The van der Waals surface area contributed by atoms with Gasteiger partial charge in [-0.15, -0.1) is 0 Å². The Morgan fingerprint density at radius 3 is 2.45 bits per heavy atom. The van der Waals surface area contributed by atoms with E-state index in [-0.39, 0.29) is 5.91 Å². The number of carbonyl (C=O) groups is 1. The standard InChI is InChI=1S/C17H20BrN3O/c1-11-9-12(18)5-7-14(11)20-13-6-8-15(19-10-13)21-16(22)17(2,3)4/h5-10,20H,1-4H3,(H,19,21,22). The van der Waals surface area contributed by atoms with E-state index in [0.29, 0.717) is 5.82 Å². The van der Waals surface area contributed by atoms with Crippen LogP contribution in [0.25, 0.3) is 0 Å². The maximum Gasteiger partial charge on any atom is 0.230 e. The first-order valence-corrected chi connectivity index (χ1v) is 7.86. The van der Waals surface area contributed by atoms with Crippen LogP contribution in [0.3, 0.4) is 0 Å². The van der Waals surface area contributed by atoms with E-state index in [2.05, 4.69) is 31.5 Å². The number of nitrogens with zero attached hydrogens (tertiary/aromatic N) is 1. The van der Waals surface area contributed by atoms with Gasteiger partial charge in [-0.25, -0.2) is 4.98 Å². The monoisotopic (exact) mass is 361 g/mol. The van der Waals surface area contributed by atoms with E-state index in [1.165, 1.54) is 0 Å². The van der Waals surface area contributed by atoms with Gasteiger partial charge in [-0.2, -0.15) is 0 Å². The molecule has 2 aromatic rings. The lowest BCUT2D eigenvalue weighted by molar-refractivity contribution is -0.123. The summed E-state index contributed by atoms with van der Waals surface area (Å²) < 4.78 is 1.05. The number of amides is 1.